The summed E-state index contributed by atoms with van der Waals surface area (Å²) >= 11 is 0. The molecule has 0 fully saturated rings. The van der Waals surface area contributed by atoms with Crippen LogP contribution in [0.5, 0.6) is 0 Å². The maximum atomic E-state index is 11.7. The molecule has 0 unspecified atom stereocenters. The van der Waals surface area contributed by atoms with Gasteiger partial charge in [0, 0.05) is 5.69 Å². The molecule has 0 bridgehead atoms. The summed E-state index contributed by atoms with van der Waals surface area (Å²) in [7, 11) is 0. The first-order chi connectivity index (χ1) is 9.33. The van der Waals surface area contributed by atoms with Crippen LogP contribution in [0.2, 0.25) is 0 Å². The average molecular weight is 255 g/mol. The van der Waals surface area contributed by atoms with E-state index in [1.807, 2.05) is 12.1 Å². The first-order valence-electron chi connectivity index (χ1n) is 5.45. The molecular formula is C11H9N7O. The molecule has 19 heavy (non-hydrogen) atoms. The largest absolute Gasteiger partial charge is 0.321 e. The standard InChI is InChI=1S/C11H9N7O/c19-11(10-5-13-17-16-10)15-8-1-3-9(4-2-8)18-7-12-6-14-18/h1-7H,(H,15,19)(H,13,16,17). The van der Waals surface area contributed by atoms with Gasteiger partial charge in [0.2, 0.25) is 0 Å². The molecule has 2 aromatic heterocycles. The molecule has 0 aliphatic carbocycles. The van der Waals surface area contributed by atoms with Crippen molar-refractivity contribution in [2.24, 2.45) is 0 Å². The summed E-state index contributed by atoms with van der Waals surface area (Å²) in [4.78, 5) is 15.6. The number of amides is 1. The lowest BCUT2D eigenvalue weighted by atomic mass is 10.2. The Kier molecular flexibility index (Phi) is 2.73. The number of hydrogen-bond donors (Lipinski definition) is 2. The van der Waals surface area contributed by atoms with E-state index < -0.39 is 0 Å². The minimum Gasteiger partial charge on any atom is -0.321 e. The summed E-state index contributed by atoms with van der Waals surface area (Å²) in [5.41, 5.74) is 1.76. The van der Waals surface area contributed by atoms with Crippen LogP contribution in [-0.2, 0) is 0 Å². The minimum atomic E-state index is -0.317. The lowest BCUT2D eigenvalue weighted by Gasteiger charge is -2.04. The first kappa shape index (κ1) is 11.1. The fraction of sp³-hybridized carbons (Fsp3) is 0. The highest BCUT2D eigenvalue weighted by Gasteiger charge is 2.08. The Morgan fingerprint density at radius 3 is 2.74 bits per heavy atom. The van der Waals surface area contributed by atoms with Crippen molar-refractivity contribution in [3.05, 3.63) is 48.8 Å². The van der Waals surface area contributed by atoms with Crippen LogP contribution in [0.4, 0.5) is 5.69 Å². The smallest absolute Gasteiger partial charge is 0.277 e. The highest BCUT2D eigenvalue weighted by Crippen LogP contribution is 2.12. The molecule has 3 rings (SSSR count). The summed E-state index contributed by atoms with van der Waals surface area (Å²) in [5.74, 6) is -0.317. The number of rotatable bonds is 3. The van der Waals surface area contributed by atoms with Gasteiger partial charge in [-0.3, -0.25) is 4.79 Å². The molecule has 3 aromatic rings. The van der Waals surface area contributed by atoms with Gasteiger partial charge >= 0.3 is 0 Å². The van der Waals surface area contributed by atoms with Crippen molar-refractivity contribution in [1.82, 2.24) is 30.2 Å². The SMILES string of the molecule is O=C(Nc1ccc(-n2cncn2)cc1)c1cn[nH]n1. The van der Waals surface area contributed by atoms with Crippen LogP contribution in [0.1, 0.15) is 10.5 Å². The van der Waals surface area contributed by atoms with Crippen LogP contribution >= 0.6 is 0 Å². The minimum absolute atomic E-state index is 0.236. The number of nitrogens with one attached hydrogen (secondary N) is 2. The molecule has 0 spiro atoms. The Bertz CT molecular complexity index is 658. The van der Waals surface area contributed by atoms with E-state index in [0.717, 1.165) is 5.69 Å². The molecule has 2 N–H and O–H groups in total. The number of hydrogen-bond acceptors (Lipinski definition) is 5. The zero-order valence-electron chi connectivity index (χ0n) is 9.69. The maximum Gasteiger partial charge on any atom is 0.277 e. The highest BCUT2D eigenvalue weighted by molar-refractivity contribution is 6.02. The maximum absolute atomic E-state index is 11.7. The predicted molar refractivity (Wildman–Crippen MR) is 65.7 cm³/mol. The summed E-state index contributed by atoms with van der Waals surface area (Å²) in [6.45, 7) is 0. The van der Waals surface area contributed by atoms with Gasteiger partial charge in [-0.15, -0.1) is 0 Å². The Hall–Kier alpha value is -3.03. The topological polar surface area (TPSA) is 101 Å². The lowest BCUT2D eigenvalue weighted by Crippen LogP contribution is -2.12. The van der Waals surface area contributed by atoms with Crippen molar-refractivity contribution in [3.63, 3.8) is 0 Å². The second-order valence-electron chi connectivity index (χ2n) is 3.70. The van der Waals surface area contributed by atoms with Gasteiger partial charge in [-0.1, -0.05) is 0 Å². The van der Waals surface area contributed by atoms with Gasteiger partial charge in [0.05, 0.1) is 11.9 Å². The monoisotopic (exact) mass is 255 g/mol. The number of carbonyl (C=O) groups is 1. The van der Waals surface area contributed by atoms with E-state index in [4.69, 9.17) is 0 Å². The van der Waals surface area contributed by atoms with Crippen molar-refractivity contribution in [1.29, 1.82) is 0 Å². The van der Waals surface area contributed by atoms with E-state index in [-0.39, 0.29) is 11.6 Å². The Morgan fingerprint density at radius 1 is 1.26 bits per heavy atom. The molecule has 0 aliphatic rings. The average Bonchev–Trinajstić information content (AvgIpc) is 3.13. The molecular weight excluding hydrogens is 246 g/mol. The Morgan fingerprint density at radius 2 is 2.11 bits per heavy atom. The van der Waals surface area contributed by atoms with Crippen LogP contribution in [-0.4, -0.2) is 36.1 Å². The lowest BCUT2D eigenvalue weighted by molar-refractivity contribution is 0.102. The molecule has 0 radical (unpaired) electrons. The molecule has 1 amide bonds. The molecule has 0 saturated carbocycles. The van der Waals surface area contributed by atoms with Crippen molar-refractivity contribution >= 4 is 11.6 Å². The van der Waals surface area contributed by atoms with Gasteiger partial charge < -0.3 is 5.32 Å². The first-order valence-corrected chi connectivity index (χ1v) is 5.45. The molecule has 94 valence electrons. The third-order valence-corrected chi connectivity index (χ3v) is 2.46. The van der Waals surface area contributed by atoms with E-state index in [1.165, 1.54) is 12.5 Å². The van der Waals surface area contributed by atoms with Gasteiger partial charge in [0.25, 0.3) is 5.91 Å². The van der Waals surface area contributed by atoms with Gasteiger partial charge in [-0.05, 0) is 24.3 Å². The van der Waals surface area contributed by atoms with E-state index in [2.05, 4.69) is 30.8 Å². The van der Waals surface area contributed by atoms with Crippen molar-refractivity contribution in [2.75, 3.05) is 5.32 Å². The Balaban J connectivity index is 1.75. The predicted octanol–water partition coefficient (Wildman–Crippen LogP) is 0.638. The third kappa shape index (κ3) is 2.32. The van der Waals surface area contributed by atoms with E-state index >= 15 is 0 Å². The van der Waals surface area contributed by atoms with Gasteiger partial charge in [0.15, 0.2) is 5.69 Å². The molecule has 0 atom stereocenters. The zero-order valence-corrected chi connectivity index (χ0v) is 9.69. The molecule has 1 aromatic carbocycles. The molecule has 2 heterocycles. The van der Waals surface area contributed by atoms with Crippen molar-refractivity contribution in [2.45, 2.75) is 0 Å². The quantitative estimate of drug-likeness (QED) is 0.715. The number of aromatic amines is 1. The van der Waals surface area contributed by atoms with Crippen LogP contribution in [0.3, 0.4) is 0 Å². The molecule has 8 nitrogen and oxygen atoms in total. The van der Waals surface area contributed by atoms with Crippen molar-refractivity contribution < 1.29 is 4.79 Å². The van der Waals surface area contributed by atoms with E-state index in [1.54, 1.807) is 23.1 Å². The number of anilines is 1. The summed E-state index contributed by atoms with van der Waals surface area (Å²) in [6.07, 6.45) is 4.42. The van der Waals surface area contributed by atoms with Crippen molar-refractivity contribution in [3.8, 4) is 5.69 Å². The fourth-order valence-corrected chi connectivity index (χ4v) is 1.55. The second kappa shape index (κ2) is 4.69. The van der Waals surface area contributed by atoms with Gasteiger partial charge in [-0.2, -0.15) is 20.5 Å². The van der Waals surface area contributed by atoms with Crippen LogP contribution < -0.4 is 5.32 Å². The molecule has 0 aliphatic heterocycles. The number of benzene rings is 1. The third-order valence-electron chi connectivity index (χ3n) is 2.46. The van der Waals surface area contributed by atoms with E-state index in [0.29, 0.717) is 5.69 Å². The number of nitrogens with zero attached hydrogens (tertiary/aromatic N) is 5. The fourth-order valence-electron chi connectivity index (χ4n) is 1.55. The van der Waals surface area contributed by atoms with Crippen LogP contribution in [0, 0.1) is 0 Å². The normalized spacial score (nSPS) is 10.3. The van der Waals surface area contributed by atoms with Crippen LogP contribution in [0.25, 0.3) is 5.69 Å². The number of aromatic nitrogens is 6. The summed E-state index contributed by atoms with van der Waals surface area (Å²) in [6, 6.07) is 7.20. The van der Waals surface area contributed by atoms with Gasteiger partial charge in [-0.25, -0.2) is 9.67 Å². The molecule has 8 heteroatoms. The zero-order chi connectivity index (χ0) is 13.1. The Labute approximate surface area is 107 Å². The number of carbonyl (C=O) groups excluding carboxylic acids is 1. The molecule has 0 saturated heterocycles. The number of H-pyrrole nitrogens is 1. The van der Waals surface area contributed by atoms with Crippen LogP contribution in [0.15, 0.2) is 43.1 Å². The summed E-state index contributed by atoms with van der Waals surface area (Å²) < 4.78 is 1.63. The summed E-state index contributed by atoms with van der Waals surface area (Å²) in [5, 5.41) is 16.4. The second-order valence-corrected chi connectivity index (χ2v) is 3.70. The highest BCUT2D eigenvalue weighted by atomic mass is 16.2. The van der Waals surface area contributed by atoms with Gasteiger partial charge in [0.1, 0.15) is 12.7 Å². The van der Waals surface area contributed by atoms with E-state index in [9.17, 15) is 4.79 Å².